The van der Waals surface area contributed by atoms with Gasteiger partial charge in [-0.2, -0.15) is 9.67 Å². The highest BCUT2D eigenvalue weighted by atomic mass is 35.5. The van der Waals surface area contributed by atoms with Crippen molar-refractivity contribution in [3.8, 4) is 17.1 Å². The molecule has 0 spiro atoms. The number of nitrogens with zero attached hydrogens (tertiary/aromatic N) is 3. The van der Waals surface area contributed by atoms with Crippen LogP contribution < -0.4 is 10.1 Å². The van der Waals surface area contributed by atoms with Gasteiger partial charge in [0, 0.05) is 10.6 Å². The summed E-state index contributed by atoms with van der Waals surface area (Å²) in [5.74, 6) is 1.64. The lowest BCUT2D eigenvalue weighted by Crippen LogP contribution is -2.22. The molecule has 0 aliphatic carbocycles. The Morgan fingerprint density at radius 2 is 1.90 bits per heavy atom. The molecule has 1 N–H and O–H groups in total. The second-order valence-electron chi connectivity index (χ2n) is 6.61. The zero-order valence-electron chi connectivity index (χ0n) is 16.2. The summed E-state index contributed by atoms with van der Waals surface area (Å²) in [5.41, 5.74) is 1.94. The van der Waals surface area contributed by atoms with Crippen LogP contribution >= 0.6 is 11.6 Å². The lowest BCUT2D eigenvalue weighted by molar-refractivity contribution is 0.0824. The quantitative estimate of drug-likeness (QED) is 0.459. The number of halogens is 1. The molecule has 4 aromatic rings. The van der Waals surface area contributed by atoms with Crippen LogP contribution in [0.15, 0.2) is 71.3 Å². The number of ether oxygens (including phenoxy) is 1. The highest BCUT2D eigenvalue weighted by Gasteiger charge is 2.18. The number of hydrogen-bond acceptors (Lipinski definition) is 6. The predicted molar refractivity (Wildman–Crippen MR) is 114 cm³/mol. The van der Waals surface area contributed by atoms with Crippen LogP contribution in [0.25, 0.3) is 11.4 Å². The lowest BCUT2D eigenvalue weighted by Gasteiger charge is -2.08. The van der Waals surface area contributed by atoms with Crippen molar-refractivity contribution in [1.82, 2.24) is 14.8 Å². The summed E-state index contributed by atoms with van der Waals surface area (Å²) in [6.45, 7) is 2.17. The van der Waals surface area contributed by atoms with Gasteiger partial charge in [0.2, 0.25) is 5.95 Å². The van der Waals surface area contributed by atoms with Gasteiger partial charge in [-0.25, -0.2) is 0 Å². The SMILES string of the molecule is Cc1ccc(-c2nc(NCc3ccco3)n(C(=O)COc3ccc(Cl)cc3)n2)cc1. The molecule has 2 heterocycles. The maximum atomic E-state index is 12.8. The van der Waals surface area contributed by atoms with Gasteiger partial charge in [0.05, 0.1) is 12.8 Å². The van der Waals surface area contributed by atoms with E-state index in [0.717, 1.165) is 11.1 Å². The van der Waals surface area contributed by atoms with Crippen LogP contribution in [0.4, 0.5) is 5.95 Å². The van der Waals surface area contributed by atoms with Gasteiger partial charge in [-0.15, -0.1) is 5.10 Å². The second kappa shape index (κ2) is 8.84. The summed E-state index contributed by atoms with van der Waals surface area (Å²) in [4.78, 5) is 17.3. The Morgan fingerprint density at radius 1 is 1.13 bits per heavy atom. The zero-order chi connectivity index (χ0) is 20.9. The smallest absolute Gasteiger partial charge is 0.287 e. The van der Waals surface area contributed by atoms with E-state index in [1.54, 1.807) is 36.6 Å². The second-order valence-corrected chi connectivity index (χ2v) is 7.04. The number of aryl methyl sites for hydroxylation is 1. The van der Waals surface area contributed by atoms with Gasteiger partial charge in [-0.3, -0.25) is 4.79 Å². The number of carbonyl (C=O) groups excluding carboxylic acids is 1. The highest BCUT2D eigenvalue weighted by molar-refractivity contribution is 6.30. The van der Waals surface area contributed by atoms with Gasteiger partial charge in [0.1, 0.15) is 11.5 Å². The average Bonchev–Trinajstić information content (AvgIpc) is 3.42. The third-order valence-electron chi connectivity index (χ3n) is 4.33. The Hall–Kier alpha value is -3.58. The minimum Gasteiger partial charge on any atom is -0.484 e. The van der Waals surface area contributed by atoms with Crippen molar-refractivity contribution in [1.29, 1.82) is 0 Å². The third-order valence-corrected chi connectivity index (χ3v) is 4.58. The van der Waals surface area contributed by atoms with Gasteiger partial charge in [0.25, 0.3) is 5.91 Å². The summed E-state index contributed by atoms with van der Waals surface area (Å²) in [6, 6.07) is 18.2. The highest BCUT2D eigenvalue weighted by Crippen LogP contribution is 2.20. The molecule has 4 rings (SSSR count). The van der Waals surface area contributed by atoms with Crippen LogP contribution in [0.2, 0.25) is 5.02 Å². The first-order valence-electron chi connectivity index (χ1n) is 9.30. The number of benzene rings is 2. The first-order chi connectivity index (χ1) is 14.6. The summed E-state index contributed by atoms with van der Waals surface area (Å²) in [7, 11) is 0. The van der Waals surface area contributed by atoms with Crippen LogP contribution in [0.1, 0.15) is 16.1 Å². The summed E-state index contributed by atoms with van der Waals surface area (Å²) < 4.78 is 12.1. The van der Waals surface area contributed by atoms with Crippen LogP contribution in [0, 0.1) is 6.92 Å². The molecule has 0 fully saturated rings. The van der Waals surface area contributed by atoms with Crippen LogP contribution in [0.3, 0.4) is 0 Å². The molecule has 152 valence electrons. The number of carbonyl (C=O) groups is 1. The van der Waals surface area contributed by atoms with E-state index < -0.39 is 0 Å². The van der Waals surface area contributed by atoms with Gasteiger partial charge < -0.3 is 14.5 Å². The van der Waals surface area contributed by atoms with Crippen molar-refractivity contribution >= 4 is 23.5 Å². The van der Waals surface area contributed by atoms with Crippen molar-refractivity contribution in [2.75, 3.05) is 11.9 Å². The fourth-order valence-corrected chi connectivity index (χ4v) is 2.87. The molecule has 0 saturated carbocycles. The summed E-state index contributed by atoms with van der Waals surface area (Å²) in [5, 5.41) is 8.10. The standard InChI is InChI=1S/C22H19ClN4O3/c1-15-4-6-16(7-5-15)21-25-22(24-13-19-3-2-12-29-19)27(26-21)20(28)14-30-18-10-8-17(23)9-11-18/h2-12H,13-14H2,1H3,(H,24,25,26). The van der Waals surface area contributed by atoms with Crippen LogP contribution in [0.5, 0.6) is 5.75 Å². The molecule has 0 radical (unpaired) electrons. The fourth-order valence-electron chi connectivity index (χ4n) is 2.74. The van der Waals surface area contributed by atoms with E-state index in [1.165, 1.54) is 4.68 Å². The van der Waals surface area contributed by atoms with Crippen molar-refractivity contribution in [2.24, 2.45) is 0 Å². The van der Waals surface area contributed by atoms with E-state index in [9.17, 15) is 4.79 Å². The summed E-state index contributed by atoms with van der Waals surface area (Å²) >= 11 is 5.88. The molecule has 2 aromatic carbocycles. The minimum atomic E-state index is -0.363. The monoisotopic (exact) mass is 422 g/mol. The fraction of sp³-hybridized carbons (Fsp3) is 0.136. The molecule has 0 bridgehead atoms. The molecule has 30 heavy (non-hydrogen) atoms. The van der Waals surface area contributed by atoms with E-state index in [4.69, 9.17) is 20.8 Å². The number of nitrogens with one attached hydrogen (secondary N) is 1. The Morgan fingerprint density at radius 3 is 2.60 bits per heavy atom. The molecule has 0 aliphatic heterocycles. The first-order valence-corrected chi connectivity index (χ1v) is 9.68. The van der Waals surface area contributed by atoms with Crippen molar-refractivity contribution in [3.05, 3.63) is 83.3 Å². The molecule has 0 atom stereocenters. The number of rotatable bonds is 7. The molecular weight excluding hydrogens is 404 g/mol. The zero-order valence-corrected chi connectivity index (χ0v) is 17.0. The van der Waals surface area contributed by atoms with E-state index in [-0.39, 0.29) is 12.5 Å². The molecule has 0 amide bonds. The Kier molecular flexibility index (Phi) is 5.81. The molecular formula is C22H19ClN4O3. The number of furan rings is 1. The molecule has 0 saturated heterocycles. The van der Waals surface area contributed by atoms with Crippen LogP contribution in [-0.4, -0.2) is 27.3 Å². The topological polar surface area (TPSA) is 82.2 Å². The molecule has 2 aromatic heterocycles. The Bertz CT molecular complexity index is 1120. The molecule has 8 heteroatoms. The van der Waals surface area contributed by atoms with Gasteiger partial charge in [-0.1, -0.05) is 41.4 Å². The average molecular weight is 423 g/mol. The van der Waals surface area contributed by atoms with Crippen LogP contribution in [-0.2, 0) is 6.54 Å². The molecule has 0 aliphatic rings. The van der Waals surface area contributed by atoms with Gasteiger partial charge in [0.15, 0.2) is 12.4 Å². The maximum Gasteiger partial charge on any atom is 0.287 e. The Balaban J connectivity index is 1.55. The van der Waals surface area contributed by atoms with Gasteiger partial charge >= 0.3 is 0 Å². The Labute approximate surface area is 178 Å². The number of anilines is 1. The van der Waals surface area contributed by atoms with Crippen molar-refractivity contribution in [2.45, 2.75) is 13.5 Å². The van der Waals surface area contributed by atoms with Crippen molar-refractivity contribution in [3.63, 3.8) is 0 Å². The largest absolute Gasteiger partial charge is 0.484 e. The molecule has 0 unspecified atom stereocenters. The third kappa shape index (κ3) is 4.69. The summed E-state index contributed by atoms with van der Waals surface area (Å²) in [6.07, 6.45) is 1.59. The predicted octanol–water partition coefficient (Wildman–Crippen LogP) is 4.83. The first kappa shape index (κ1) is 19.7. The normalized spacial score (nSPS) is 10.7. The minimum absolute atomic E-state index is 0.201. The number of hydrogen-bond donors (Lipinski definition) is 1. The number of aromatic nitrogens is 3. The van der Waals surface area contributed by atoms with Crippen molar-refractivity contribution < 1.29 is 13.9 Å². The maximum absolute atomic E-state index is 12.8. The van der Waals surface area contributed by atoms with E-state index in [0.29, 0.717) is 34.8 Å². The lowest BCUT2D eigenvalue weighted by atomic mass is 10.1. The van der Waals surface area contributed by atoms with E-state index in [2.05, 4.69) is 15.4 Å². The molecule has 7 nitrogen and oxygen atoms in total. The van der Waals surface area contributed by atoms with Gasteiger partial charge in [-0.05, 0) is 43.3 Å². The van der Waals surface area contributed by atoms with E-state index >= 15 is 0 Å². The van der Waals surface area contributed by atoms with E-state index in [1.807, 2.05) is 37.3 Å².